The van der Waals surface area contributed by atoms with Crippen molar-refractivity contribution in [1.82, 2.24) is 4.90 Å². The van der Waals surface area contributed by atoms with E-state index in [1.807, 2.05) is 7.05 Å². The molecule has 0 spiro atoms. The van der Waals surface area contributed by atoms with Crippen molar-refractivity contribution in [3.8, 4) is 5.75 Å². The Morgan fingerprint density at radius 2 is 2.18 bits per heavy atom. The Kier molecular flexibility index (Phi) is 3.74. The van der Waals surface area contributed by atoms with Gasteiger partial charge in [0.15, 0.2) is 5.75 Å². The zero-order chi connectivity index (χ0) is 15.9. The number of anilines is 1. The first-order chi connectivity index (χ1) is 10.5. The van der Waals surface area contributed by atoms with Crippen LogP contribution >= 0.6 is 0 Å². The van der Waals surface area contributed by atoms with E-state index < -0.39 is 4.92 Å². The van der Waals surface area contributed by atoms with Crippen LogP contribution in [0.1, 0.15) is 18.4 Å². The first kappa shape index (κ1) is 14.8. The van der Waals surface area contributed by atoms with E-state index in [4.69, 9.17) is 4.74 Å². The molecule has 2 heterocycles. The SMILES string of the molecule is COc1cc2c(cc1[N+](=O)[O-])N(C(=O)[C@@H]1CCCN1C)CC2. The molecule has 0 unspecified atom stereocenters. The lowest BCUT2D eigenvalue weighted by Gasteiger charge is -2.25. The third kappa shape index (κ3) is 2.31. The number of benzene rings is 1. The largest absolute Gasteiger partial charge is 0.490 e. The number of likely N-dealkylation sites (tertiary alicyclic amines) is 1. The predicted molar refractivity (Wildman–Crippen MR) is 81.4 cm³/mol. The number of nitrogens with zero attached hydrogens (tertiary/aromatic N) is 3. The van der Waals surface area contributed by atoms with Crippen molar-refractivity contribution in [2.24, 2.45) is 0 Å². The van der Waals surface area contributed by atoms with Gasteiger partial charge in [0, 0.05) is 12.6 Å². The summed E-state index contributed by atoms with van der Waals surface area (Å²) in [5.41, 5.74) is 1.48. The lowest BCUT2D eigenvalue weighted by molar-refractivity contribution is -0.385. The van der Waals surface area contributed by atoms with Crippen molar-refractivity contribution in [2.75, 3.05) is 32.1 Å². The number of nitro groups is 1. The zero-order valence-electron chi connectivity index (χ0n) is 12.7. The molecule has 22 heavy (non-hydrogen) atoms. The number of amides is 1. The standard InChI is InChI=1S/C15H19N3O4/c1-16-6-3-4-11(16)15(19)17-7-5-10-8-14(22-2)13(18(20)21)9-12(10)17/h8-9,11H,3-7H2,1-2H3/t11-/m0/s1. The molecule has 1 fully saturated rings. The Morgan fingerprint density at radius 1 is 1.41 bits per heavy atom. The number of hydrogen-bond donors (Lipinski definition) is 0. The van der Waals surface area contributed by atoms with Crippen molar-refractivity contribution in [3.63, 3.8) is 0 Å². The van der Waals surface area contributed by atoms with Crippen molar-refractivity contribution < 1.29 is 14.5 Å². The zero-order valence-corrected chi connectivity index (χ0v) is 12.7. The second-order valence-corrected chi connectivity index (χ2v) is 5.79. The fraction of sp³-hybridized carbons (Fsp3) is 0.533. The fourth-order valence-electron chi connectivity index (χ4n) is 3.34. The first-order valence-corrected chi connectivity index (χ1v) is 7.40. The third-order valence-corrected chi connectivity index (χ3v) is 4.54. The number of methoxy groups -OCH3 is 1. The summed E-state index contributed by atoms with van der Waals surface area (Å²) < 4.78 is 5.09. The van der Waals surface area contributed by atoms with Crippen molar-refractivity contribution in [1.29, 1.82) is 0 Å². The maximum absolute atomic E-state index is 12.7. The quantitative estimate of drug-likeness (QED) is 0.626. The molecule has 0 radical (unpaired) electrons. The number of hydrogen-bond acceptors (Lipinski definition) is 5. The summed E-state index contributed by atoms with van der Waals surface area (Å²) in [6.07, 6.45) is 2.56. The molecule has 2 aliphatic heterocycles. The van der Waals surface area contributed by atoms with Gasteiger partial charge in [-0.25, -0.2) is 0 Å². The summed E-state index contributed by atoms with van der Waals surface area (Å²) in [7, 11) is 3.36. The number of carbonyl (C=O) groups excluding carboxylic acids is 1. The number of nitro benzene ring substituents is 1. The van der Waals surface area contributed by atoms with Crippen LogP contribution in [0.15, 0.2) is 12.1 Å². The molecule has 7 heteroatoms. The average Bonchev–Trinajstić information content (AvgIpc) is 3.10. The number of ether oxygens (including phenoxy) is 1. The number of carbonyl (C=O) groups is 1. The van der Waals surface area contributed by atoms with Gasteiger partial charge < -0.3 is 9.64 Å². The monoisotopic (exact) mass is 305 g/mol. The Hall–Kier alpha value is -2.15. The third-order valence-electron chi connectivity index (χ3n) is 4.54. The molecule has 0 aliphatic carbocycles. The summed E-state index contributed by atoms with van der Waals surface area (Å²) in [5, 5.41) is 11.2. The molecule has 0 N–H and O–H groups in total. The van der Waals surface area contributed by atoms with E-state index in [2.05, 4.69) is 4.90 Å². The van der Waals surface area contributed by atoms with Crippen LogP contribution in [0.3, 0.4) is 0 Å². The van der Waals surface area contributed by atoms with Crippen molar-refractivity contribution in [2.45, 2.75) is 25.3 Å². The smallest absolute Gasteiger partial charge is 0.313 e. The summed E-state index contributed by atoms with van der Waals surface area (Å²) in [6, 6.07) is 3.03. The Labute approximate surface area is 128 Å². The van der Waals surface area contributed by atoms with Crippen LogP contribution in [0.5, 0.6) is 5.75 Å². The van der Waals surface area contributed by atoms with Crippen LogP contribution < -0.4 is 9.64 Å². The molecule has 0 bridgehead atoms. The maximum Gasteiger partial charge on any atom is 0.313 e. The lowest BCUT2D eigenvalue weighted by atomic mass is 10.1. The molecule has 3 rings (SSSR count). The summed E-state index contributed by atoms with van der Waals surface area (Å²) >= 11 is 0. The van der Waals surface area contributed by atoms with Gasteiger partial charge in [0.2, 0.25) is 5.91 Å². The molecular weight excluding hydrogens is 286 g/mol. The van der Waals surface area contributed by atoms with Gasteiger partial charge in [0.25, 0.3) is 0 Å². The summed E-state index contributed by atoms with van der Waals surface area (Å²) in [4.78, 5) is 27.2. The minimum absolute atomic E-state index is 0.0400. The number of fused-ring (bicyclic) bond motifs is 1. The van der Waals surface area contributed by atoms with Crippen LogP contribution in [0.4, 0.5) is 11.4 Å². The van der Waals surface area contributed by atoms with E-state index in [1.165, 1.54) is 13.2 Å². The molecule has 0 saturated carbocycles. The molecule has 0 aromatic heterocycles. The summed E-state index contributed by atoms with van der Waals surface area (Å²) in [6.45, 7) is 1.49. The van der Waals surface area contributed by atoms with Crippen LogP contribution in [-0.2, 0) is 11.2 Å². The highest BCUT2D eigenvalue weighted by Gasteiger charge is 2.36. The van der Waals surface area contributed by atoms with Gasteiger partial charge in [-0.2, -0.15) is 0 Å². The predicted octanol–water partition coefficient (Wildman–Crippen LogP) is 1.59. The van der Waals surface area contributed by atoms with E-state index in [-0.39, 0.29) is 23.4 Å². The Bertz CT molecular complexity index is 631. The number of rotatable bonds is 3. The van der Waals surface area contributed by atoms with E-state index in [9.17, 15) is 14.9 Å². The molecule has 1 aromatic rings. The van der Waals surface area contributed by atoms with E-state index in [0.717, 1.165) is 24.9 Å². The van der Waals surface area contributed by atoms with Gasteiger partial charge in [-0.1, -0.05) is 0 Å². The summed E-state index contributed by atoms with van der Waals surface area (Å²) in [5.74, 6) is 0.286. The van der Waals surface area contributed by atoms with Crippen LogP contribution in [0.2, 0.25) is 0 Å². The van der Waals surface area contributed by atoms with Gasteiger partial charge >= 0.3 is 5.69 Å². The van der Waals surface area contributed by atoms with Gasteiger partial charge in [0.05, 0.1) is 23.8 Å². The highest BCUT2D eigenvalue weighted by atomic mass is 16.6. The molecule has 1 amide bonds. The molecular formula is C15H19N3O4. The minimum Gasteiger partial charge on any atom is -0.490 e. The van der Waals surface area contributed by atoms with Gasteiger partial charge in [0.1, 0.15) is 0 Å². The van der Waals surface area contributed by atoms with Crippen molar-refractivity contribution in [3.05, 3.63) is 27.8 Å². The first-order valence-electron chi connectivity index (χ1n) is 7.40. The molecule has 118 valence electrons. The maximum atomic E-state index is 12.7. The fourth-order valence-corrected chi connectivity index (χ4v) is 3.34. The second kappa shape index (κ2) is 5.57. The minimum atomic E-state index is -0.470. The van der Waals surface area contributed by atoms with Crippen LogP contribution in [-0.4, -0.2) is 49.0 Å². The highest BCUT2D eigenvalue weighted by molar-refractivity contribution is 5.99. The van der Waals surface area contributed by atoms with Gasteiger partial charge in [-0.15, -0.1) is 0 Å². The normalized spacial score (nSPS) is 21.0. The van der Waals surface area contributed by atoms with E-state index in [0.29, 0.717) is 18.7 Å². The Balaban J connectivity index is 1.95. The average molecular weight is 305 g/mol. The molecule has 1 atom stereocenters. The molecule has 2 aliphatic rings. The van der Waals surface area contributed by atoms with Gasteiger partial charge in [-0.3, -0.25) is 19.8 Å². The van der Waals surface area contributed by atoms with E-state index in [1.54, 1.807) is 11.0 Å². The van der Waals surface area contributed by atoms with Crippen LogP contribution in [0, 0.1) is 10.1 Å². The highest BCUT2D eigenvalue weighted by Crippen LogP contribution is 2.39. The number of likely N-dealkylation sites (N-methyl/N-ethyl adjacent to an activating group) is 1. The van der Waals surface area contributed by atoms with E-state index >= 15 is 0 Å². The molecule has 1 saturated heterocycles. The Morgan fingerprint density at radius 3 is 2.77 bits per heavy atom. The van der Waals surface area contributed by atoms with Crippen molar-refractivity contribution >= 4 is 17.3 Å². The topological polar surface area (TPSA) is 75.9 Å². The second-order valence-electron chi connectivity index (χ2n) is 5.79. The molecule has 7 nitrogen and oxygen atoms in total. The van der Waals surface area contributed by atoms with Crippen LogP contribution in [0.25, 0.3) is 0 Å². The lowest BCUT2D eigenvalue weighted by Crippen LogP contribution is -2.43. The van der Waals surface area contributed by atoms with Gasteiger partial charge in [-0.05, 0) is 44.5 Å². The molecule has 1 aromatic carbocycles.